The Morgan fingerprint density at radius 2 is 0.859 bits per heavy atom. The van der Waals surface area contributed by atoms with E-state index in [9.17, 15) is 92.4 Å². The van der Waals surface area contributed by atoms with Gasteiger partial charge in [-0.1, -0.05) is 43.5 Å². The summed E-state index contributed by atoms with van der Waals surface area (Å²) < 4.78 is 271. The third-order valence-electron chi connectivity index (χ3n) is 6.82. The van der Waals surface area contributed by atoms with Gasteiger partial charge in [-0.3, -0.25) is 4.57 Å². The Kier molecular flexibility index (Phi) is 32.4. The zero-order valence-corrected chi connectivity index (χ0v) is 44.4. The first kappa shape index (κ1) is 72.9. The molecule has 34 heteroatoms. The number of anilines is 1. The Labute approximate surface area is 456 Å². The molecular weight excluding hydrogens is 1280 g/mol. The smallest absolute Gasteiger partial charge is 0.870 e. The molecule has 400 valence electrons. The first-order valence-corrected chi connectivity index (χ1v) is 21.5. The van der Waals surface area contributed by atoms with Gasteiger partial charge in [0.1, 0.15) is 23.0 Å². The fraction of sp³-hybridized carbons (Fsp3) is 0.351. The van der Waals surface area contributed by atoms with Gasteiger partial charge in [-0.25, -0.2) is 0 Å². The van der Waals surface area contributed by atoms with Crippen LogP contribution in [-0.2, 0) is 38.3 Å². The van der Waals surface area contributed by atoms with Crippen molar-refractivity contribution in [2.24, 2.45) is 0 Å². The average molecular weight is 1310 g/mol. The summed E-state index contributed by atoms with van der Waals surface area (Å²) in [4.78, 5) is 0. The van der Waals surface area contributed by atoms with E-state index < -0.39 is 102 Å². The summed E-state index contributed by atoms with van der Waals surface area (Å²) in [5.74, 6) is -3.44. The van der Waals surface area contributed by atoms with Crippen molar-refractivity contribution in [3.63, 3.8) is 0 Å². The summed E-state index contributed by atoms with van der Waals surface area (Å²) in [6.07, 6.45) is -18.7. The molecule has 4 N–H and O–H groups in total. The van der Waals surface area contributed by atoms with Crippen LogP contribution in [0.3, 0.4) is 0 Å². The van der Waals surface area contributed by atoms with Crippen LogP contribution < -0.4 is 71.3 Å². The maximum atomic E-state index is 12.5. The van der Waals surface area contributed by atoms with Gasteiger partial charge in [0.25, 0.3) is 0 Å². The maximum absolute atomic E-state index is 12.5. The monoisotopic (exact) mass is 1300 g/mol. The number of alkyl halides is 21. The Hall–Kier alpha value is -2.33. The number of hydrogen-bond donors (Lipinski definition) is 2. The topological polar surface area (TPSA) is 139 Å². The van der Waals surface area contributed by atoms with E-state index in [1.54, 1.807) is 0 Å². The van der Waals surface area contributed by atoms with Gasteiger partial charge in [-0.2, -0.15) is 87.8 Å². The van der Waals surface area contributed by atoms with Crippen LogP contribution >= 0.6 is 55.4 Å². The van der Waals surface area contributed by atoms with Crippen LogP contribution in [-0.4, -0.2) is 48.2 Å². The molecule has 0 bridgehead atoms. The first-order chi connectivity index (χ1) is 31.2. The van der Waals surface area contributed by atoms with E-state index in [1.165, 1.54) is 39.0 Å². The average Bonchev–Trinajstić information content (AvgIpc) is 3.16. The Bertz CT molecular complexity index is 2080. The molecule has 0 heterocycles. The molecule has 4 aromatic rings. The number of nitrogens with two attached hydrogens (primary N) is 1. The number of aromatic hydroxyl groups is 1. The Balaban J connectivity index is -0.000000812. The van der Waals surface area contributed by atoms with E-state index in [0.29, 0.717) is 17.7 Å². The molecule has 0 saturated carbocycles. The van der Waals surface area contributed by atoms with Crippen LogP contribution in [0.1, 0.15) is 41.7 Å². The summed E-state index contributed by atoms with van der Waals surface area (Å²) in [5.41, 5.74) is 0.480. The second-order valence-corrected chi connectivity index (χ2v) is 17.5. The molecule has 0 aliphatic heterocycles. The predicted octanol–water partition coefficient (Wildman–Crippen LogP) is 13.8. The molecule has 0 aliphatic carbocycles. The number of phenolic OH excluding ortho intramolecular Hbond substituents is 1. The zero-order valence-electron chi connectivity index (χ0n) is 35.6. The van der Waals surface area contributed by atoms with Crippen molar-refractivity contribution < 1.29 is 178 Å². The fourth-order valence-corrected chi connectivity index (χ4v) is 6.60. The number of halogens is 23. The number of nitrogen functional groups attached to an aromatic ring is 1. The molecule has 0 spiro atoms. The molecule has 0 saturated heterocycles. The third kappa shape index (κ3) is 27.7. The number of phenols is 1. The van der Waals surface area contributed by atoms with Gasteiger partial charge in [-0.05, 0) is 87.5 Å². The van der Waals surface area contributed by atoms with Crippen molar-refractivity contribution in [2.45, 2.75) is 69.9 Å². The summed E-state index contributed by atoms with van der Waals surface area (Å²) in [6.45, 7) is -5.68. The predicted molar refractivity (Wildman–Crippen MR) is 219 cm³/mol. The summed E-state index contributed by atoms with van der Waals surface area (Å²) in [5, 5.41) is 8.83. The van der Waals surface area contributed by atoms with E-state index in [1.807, 2.05) is 15.9 Å². The molecule has 0 atom stereocenters. The van der Waals surface area contributed by atoms with Crippen LogP contribution in [0.5, 0.6) is 23.0 Å². The molecule has 0 fully saturated rings. The van der Waals surface area contributed by atoms with E-state index in [4.69, 9.17) is 10.8 Å². The minimum Gasteiger partial charge on any atom is -0.870 e. The van der Waals surface area contributed by atoms with Gasteiger partial charge in [0.2, 0.25) is 0 Å². The van der Waals surface area contributed by atoms with Crippen LogP contribution in [0.15, 0.2) is 81.7 Å². The van der Waals surface area contributed by atoms with Crippen molar-refractivity contribution in [2.75, 3.05) is 18.9 Å². The van der Waals surface area contributed by atoms with Gasteiger partial charge >= 0.3 is 108 Å². The molecule has 71 heavy (non-hydrogen) atoms. The van der Waals surface area contributed by atoms with Crippen molar-refractivity contribution in [1.29, 1.82) is 0 Å². The summed E-state index contributed by atoms with van der Waals surface area (Å²) in [7, 11) is -4.32. The van der Waals surface area contributed by atoms with Gasteiger partial charge in [0, 0.05) is 30.6 Å². The number of aryl methyl sites for hydroxylation is 1. The maximum Gasteiger partial charge on any atom is 1.00 e. The van der Waals surface area contributed by atoms with E-state index in [0.717, 1.165) is 42.5 Å². The minimum atomic E-state index is -4.78. The Morgan fingerprint density at radius 3 is 1.18 bits per heavy atom. The largest absolute Gasteiger partial charge is 1.00 e. The second kappa shape index (κ2) is 31.5. The van der Waals surface area contributed by atoms with E-state index >= 15 is 0 Å². The molecule has 0 aromatic heterocycles. The standard InChI is InChI=1S/C9H7F5O.C8H4BrF5O.C8H6F5NO.C7H4BrF3O.C5H10BrF2O3P.K.H2O/c1-5-2-3-7(15-8(10)11)6(4-5)9(12,13)14;9-4-1-2-6(15-7(10)11)5(3-4)8(12,13)14;9-7(10)15-6-2-1-4(14)3-5(6)8(11,12)13;8-4-1-2-6(12)5(3-4)7(9,10)11;1-3-10-12(9,11-4-2)5(6,7)8;;/h2-4,8H,1H3;1-3,7H;1-3,7H,14H2;1-3,12H;3-4H2,1-2H3;;1H2/q;;;;;+1;/p-1. The molecule has 0 amide bonds. The minimum absolute atomic E-state index is 0. The number of rotatable bonds is 11. The van der Waals surface area contributed by atoms with Crippen LogP contribution in [0.4, 0.5) is 93.5 Å². The molecule has 0 aliphatic rings. The van der Waals surface area contributed by atoms with E-state index in [2.05, 4.69) is 55.1 Å². The van der Waals surface area contributed by atoms with Gasteiger partial charge in [0.15, 0.2) is 0 Å². The number of hydrogen-bond acceptors (Lipinski definition) is 9. The SMILES string of the molecule is CCOP(=O)(OCC)C(F)(F)Br.Cc1ccc(OC(F)F)c(C(F)(F)F)c1.FC(F)Oc1ccc(Br)cc1C(F)(F)F.Nc1ccc(OC(F)F)c(C(F)(F)F)c1.Oc1ccc(Br)cc1C(F)(F)F.[K+].[OH-]. The quantitative estimate of drug-likeness (QED) is 0.0494. The van der Waals surface area contributed by atoms with Gasteiger partial charge < -0.3 is 39.6 Å². The second-order valence-electron chi connectivity index (χ2n) is 12.0. The molecule has 4 aromatic carbocycles. The van der Waals surface area contributed by atoms with Crippen LogP contribution in [0, 0.1) is 6.92 Å². The first-order valence-electron chi connectivity index (χ1n) is 17.6. The van der Waals surface area contributed by atoms with E-state index in [-0.39, 0.29) is 84.7 Å². The summed E-state index contributed by atoms with van der Waals surface area (Å²) >= 11 is 7.65. The molecule has 4 rings (SSSR count). The number of benzene rings is 4. The van der Waals surface area contributed by atoms with Crippen LogP contribution in [0.25, 0.3) is 0 Å². The normalized spacial score (nSPS) is 11.8. The molecule has 9 nitrogen and oxygen atoms in total. The van der Waals surface area contributed by atoms with Crippen LogP contribution in [0.2, 0.25) is 0 Å². The van der Waals surface area contributed by atoms with Crippen molar-refractivity contribution in [3.8, 4) is 23.0 Å². The van der Waals surface area contributed by atoms with Crippen molar-refractivity contribution in [1.82, 2.24) is 0 Å². The fourth-order valence-electron chi connectivity index (χ4n) is 4.21. The molecular formula is C37H32Br3F20KNO8P. The zero-order chi connectivity index (χ0) is 54.1. The Morgan fingerprint density at radius 1 is 0.549 bits per heavy atom. The van der Waals surface area contributed by atoms with Crippen molar-refractivity contribution >= 4 is 61.1 Å². The molecule has 0 unspecified atom stereocenters. The van der Waals surface area contributed by atoms with Crippen molar-refractivity contribution in [3.05, 3.63) is 110 Å². The summed E-state index contributed by atoms with van der Waals surface area (Å²) in [6, 6.07) is 11.1. The van der Waals surface area contributed by atoms with Gasteiger partial charge in [-0.15, -0.1) is 0 Å². The molecule has 0 radical (unpaired) electrons. The number of ether oxygens (including phenoxy) is 3. The third-order valence-corrected chi connectivity index (χ3v) is 10.9. The van der Waals surface area contributed by atoms with Gasteiger partial charge in [0.05, 0.1) is 35.5 Å².